The molecule has 0 saturated carbocycles. The second kappa shape index (κ2) is 17.4. The Morgan fingerprint density at radius 2 is 1.17 bits per heavy atom. The summed E-state index contributed by atoms with van der Waals surface area (Å²) in [6.07, 6.45) is 4.30. The summed E-state index contributed by atoms with van der Waals surface area (Å²) >= 11 is 0. The van der Waals surface area contributed by atoms with Crippen LogP contribution in [0.25, 0.3) is 21.8 Å². The van der Waals surface area contributed by atoms with E-state index in [-0.39, 0.29) is 73.0 Å². The number of ether oxygens (including phenoxy) is 3. The number of hydrogen-bond acceptors (Lipinski definition) is 7. The number of nitrogens with zero attached hydrogens (tertiary/aromatic N) is 3. The van der Waals surface area contributed by atoms with Gasteiger partial charge in [0.25, 0.3) is 0 Å². The Hall–Kier alpha value is -6.41. The molecule has 6 atom stereocenters. The molecular formula is C49H52F2N6O6. The predicted octanol–water partition coefficient (Wildman–Crippen LogP) is 9.19. The van der Waals surface area contributed by atoms with E-state index in [1.54, 1.807) is 15.9 Å². The molecule has 0 aliphatic carbocycles. The van der Waals surface area contributed by atoms with Crippen molar-refractivity contribution in [2.24, 2.45) is 0 Å². The molecule has 6 aromatic rings. The molecule has 4 saturated heterocycles. The van der Waals surface area contributed by atoms with Crippen molar-refractivity contribution in [2.45, 2.75) is 88.4 Å². The first kappa shape index (κ1) is 41.9. The maximum Gasteiger partial charge on any atom is 0.410 e. The van der Waals surface area contributed by atoms with Gasteiger partial charge in [0.2, 0.25) is 0 Å². The lowest BCUT2D eigenvalue weighted by molar-refractivity contribution is 0.0209. The quantitative estimate of drug-likeness (QED) is 0.142. The zero-order chi connectivity index (χ0) is 43.8. The third-order valence-electron chi connectivity index (χ3n) is 12.7. The summed E-state index contributed by atoms with van der Waals surface area (Å²) in [6, 6.07) is 28.6. The first-order valence-corrected chi connectivity index (χ1v) is 21.6. The molecule has 0 spiro atoms. The smallest absolute Gasteiger partial charge is 0.410 e. The number of carbonyl (C=O) groups is 3. The van der Waals surface area contributed by atoms with Crippen LogP contribution in [-0.4, -0.2) is 98.9 Å². The van der Waals surface area contributed by atoms with Gasteiger partial charge in [0.1, 0.15) is 30.4 Å². The first-order valence-electron chi connectivity index (χ1n) is 21.6. The van der Waals surface area contributed by atoms with Crippen LogP contribution in [-0.2, 0) is 27.4 Å². The van der Waals surface area contributed by atoms with Crippen molar-refractivity contribution < 1.29 is 37.4 Å². The Kier molecular flexibility index (Phi) is 11.6. The van der Waals surface area contributed by atoms with E-state index in [1.165, 1.54) is 24.3 Å². The average molecular weight is 859 g/mol. The summed E-state index contributed by atoms with van der Waals surface area (Å²) in [6.45, 7) is 8.33. The summed E-state index contributed by atoms with van der Waals surface area (Å²) < 4.78 is 44.3. The summed E-state index contributed by atoms with van der Waals surface area (Å²) in [5.74, 6) is -0.595. The molecule has 4 aliphatic rings. The lowest BCUT2D eigenvalue weighted by atomic mass is 9.91. The molecule has 14 heteroatoms. The highest BCUT2D eigenvalue weighted by molar-refractivity contribution is 5.85. The second-order valence-corrected chi connectivity index (χ2v) is 17.8. The molecule has 3 amide bonds. The third kappa shape index (κ3) is 8.68. The van der Waals surface area contributed by atoms with Gasteiger partial charge in [-0.25, -0.2) is 23.2 Å². The molecule has 4 fully saturated rings. The van der Waals surface area contributed by atoms with Gasteiger partial charge in [-0.05, 0) is 98.8 Å². The highest BCUT2D eigenvalue weighted by Gasteiger charge is 2.54. The lowest BCUT2D eigenvalue weighted by Crippen LogP contribution is -2.44. The number of nitrogens with one attached hydrogen (secondary N) is 3. The molecule has 10 rings (SSSR count). The van der Waals surface area contributed by atoms with Crippen molar-refractivity contribution >= 4 is 40.1 Å². The number of rotatable bonds is 6. The van der Waals surface area contributed by atoms with Crippen LogP contribution in [0.1, 0.15) is 67.7 Å². The molecule has 0 bridgehead atoms. The van der Waals surface area contributed by atoms with Crippen LogP contribution in [0.5, 0.6) is 0 Å². The molecule has 6 heterocycles. The molecule has 2 aromatic heterocycles. The molecule has 12 nitrogen and oxygen atoms in total. The minimum Gasteiger partial charge on any atom is -0.445 e. The number of fused-ring (bicyclic) bond motifs is 4. The maximum atomic E-state index is 13.8. The van der Waals surface area contributed by atoms with Crippen molar-refractivity contribution in [1.29, 1.82) is 0 Å². The van der Waals surface area contributed by atoms with E-state index in [9.17, 15) is 23.2 Å². The molecule has 63 heavy (non-hydrogen) atoms. The van der Waals surface area contributed by atoms with Crippen molar-refractivity contribution in [3.8, 4) is 0 Å². The highest BCUT2D eigenvalue weighted by atomic mass is 19.1. The van der Waals surface area contributed by atoms with Gasteiger partial charge in [-0.1, -0.05) is 60.7 Å². The minimum absolute atomic E-state index is 0.124. The molecule has 0 unspecified atom stereocenters. The van der Waals surface area contributed by atoms with Crippen LogP contribution >= 0.6 is 0 Å². The Bertz CT molecular complexity index is 2600. The van der Waals surface area contributed by atoms with Gasteiger partial charge in [0.05, 0.1) is 18.1 Å². The fourth-order valence-corrected chi connectivity index (χ4v) is 10.0. The number of hydrogen-bond donors (Lipinski definition) is 3. The SMILES string of the molecule is CC(C)(C)OC(=O)N1CC[C@@H]2[C@H]1[C@@H](c1c[nH]c3cc(F)ccc13)CN2C(=O)OCc1ccccc1.O=C(OCc1ccccc1)N1C[C@H](c2c[nH]c3cc(F)ccc23)[C@H]2NCC[C@H]21. The standard InChI is InChI=1S/C27H30FN3O4.C22H22FN3O2/c1-27(2,3)35-26(33)30-12-11-23-24(30)21(20-14-29-22-13-18(28)9-10-19(20)22)15-31(23)25(32)34-16-17-7-5-4-6-8-17;23-15-6-7-16-17(11-25-19(16)10-15)18-12-26(20-8-9-24-21(18)20)22(27)28-13-14-4-2-1-3-5-14/h4-10,13-14,21,23-24,29H,11-12,15-16H2,1-3H3;1-7,10-11,18,20-21,24-25H,8-9,12-13H2/t21-,23-,24-;18-,20-,21-/m11/s1. The number of likely N-dealkylation sites (tertiary alicyclic amines) is 3. The van der Waals surface area contributed by atoms with E-state index in [0.29, 0.717) is 31.6 Å². The van der Waals surface area contributed by atoms with Crippen LogP contribution in [0, 0.1) is 11.6 Å². The van der Waals surface area contributed by atoms with Gasteiger partial charge in [-0.15, -0.1) is 0 Å². The maximum absolute atomic E-state index is 13.8. The zero-order valence-electron chi connectivity index (χ0n) is 35.6. The average Bonchev–Trinajstić information content (AvgIpc) is 4.13. The van der Waals surface area contributed by atoms with E-state index in [1.807, 2.05) is 105 Å². The van der Waals surface area contributed by atoms with Gasteiger partial charge in [-0.2, -0.15) is 0 Å². The first-order chi connectivity index (χ1) is 30.4. The zero-order valence-corrected chi connectivity index (χ0v) is 35.6. The Balaban J connectivity index is 0.000000164. The molecular weight excluding hydrogens is 807 g/mol. The van der Waals surface area contributed by atoms with Gasteiger partial charge in [-0.3, -0.25) is 0 Å². The van der Waals surface area contributed by atoms with Crippen LogP contribution in [0.3, 0.4) is 0 Å². The summed E-state index contributed by atoms with van der Waals surface area (Å²) in [4.78, 5) is 50.8. The largest absolute Gasteiger partial charge is 0.445 e. The van der Waals surface area contributed by atoms with Crippen LogP contribution < -0.4 is 5.32 Å². The van der Waals surface area contributed by atoms with Crippen molar-refractivity contribution in [2.75, 3.05) is 26.2 Å². The normalized spacial score (nSPS) is 22.8. The topological polar surface area (TPSA) is 132 Å². The highest BCUT2D eigenvalue weighted by Crippen LogP contribution is 2.44. The molecule has 4 aromatic carbocycles. The Morgan fingerprint density at radius 3 is 1.73 bits per heavy atom. The number of aromatic nitrogens is 2. The number of aromatic amines is 2. The number of carbonyl (C=O) groups excluding carboxylic acids is 3. The summed E-state index contributed by atoms with van der Waals surface area (Å²) in [7, 11) is 0. The lowest BCUT2D eigenvalue weighted by Gasteiger charge is -2.31. The van der Waals surface area contributed by atoms with Gasteiger partial charge in [0, 0.05) is 71.7 Å². The number of halogens is 2. The van der Waals surface area contributed by atoms with Crippen molar-refractivity contribution in [3.63, 3.8) is 0 Å². The van der Waals surface area contributed by atoms with E-state index >= 15 is 0 Å². The third-order valence-corrected chi connectivity index (χ3v) is 12.7. The number of amides is 3. The predicted molar refractivity (Wildman–Crippen MR) is 234 cm³/mol. The van der Waals surface area contributed by atoms with E-state index < -0.39 is 11.7 Å². The van der Waals surface area contributed by atoms with Gasteiger partial charge in [0.15, 0.2) is 0 Å². The second-order valence-electron chi connectivity index (χ2n) is 17.8. The van der Waals surface area contributed by atoms with Crippen LogP contribution in [0.2, 0.25) is 0 Å². The Morgan fingerprint density at radius 1 is 0.651 bits per heavy atom. The van der Waals surface area contributed by atoms with Crippen molar-refractivity contribution in [3.05, 3.63) is 143 Å². The van der Waals surface area contributed by atoms with E-state index in [4.69, 9.17) is 14.2 Å². The minimum atomic E-state index is -0.629. The van der Waals surface area contributed by atoms with E-state index in [2.05, 4.69) is 15.3 Å². The van der Waals surface area contributed by atoms with Gasteiger partial charge < -0.3 is 44.2 Å². The number of benzene rings is 4. The van der Waals surface area contributed by atoms with Crippen LogP contribution in [0.15, 0.2) is 109 Å². The van der Waals surface area contributed by atoms with Crippen LogP contribution in [0.4, 0.5) is 23.2 Å². The van der Waals surface area contributed by atoms with Crippen molar-refractivity contribution in [1.82, 2.24) is 30.0 Å². The number of H-pyrrole nitrogens is 2. The summed E-state index contributed by atoms with van der Waals surface area (Å²) in [5.41, 5.74) is 4.80. The fourth-order valence-electron chi connectivity index (χ4n) is 10.0. The molecule has 0 radical (unpaired) electrons. The summed E-state index contributed by atoms with van der Waals surface area (Å²) in [5, 5.41) is 5.45. The molecule has 4 aliphatic heterocycles. The van der Waals surface area contributed by atoms with Gasteiger partial charge >= 0.3 is 18.3 Å². The van der Waals surface area contributed by atoms with E-state index in [0.717, 1.165) is 51.5 Å². The molecule has 3 N–H and O–H groups in total. The fraction of sp³-hybridized carbons (Fsp3) is 0.367. The molecule has 328 valence electrons. The Labute approximate surface area is 364 Å². The monoisotopic (exact) mass is 858 g/mol.